The smallest absolute Gasteiger partial charge is 0.283 e. The fourth-order valence-corrected chi connectivity index (χ4v) is 1.53. The number of benzene rings is 1. The first-order valence-corrected chi connectivity index (χ1v) is 5.64. The molecule has 0 saturated heterocycles. The molecule has 3 nitrogen and oxygen atoms in total. The Balaban J connectivity index is 3.19. The highest BCUT2D eigenvalue weighted by Crippen LogP contribution is 2.34. The monoisotopic (exact) mass is 238 g/mol. The molecule has 15 heavy (non-hydrogen) atoms. The van der Waals surface area contributed by atoms with E-state index in [0.717, 1.165) is 24.5 Å². The summed E-state index contributed by atoms with van der Waals surface area (Å²) in [5.41, 5.74) is -1.56. The van der Waals surface area contributed by atoms with Crippen LogP contribution in [0, 0.1) is 6.07 Å². The van der Waals surface area contributed by atoms with Crippen LogP contribution in [0.5, 0.6) is 0 Å². The molecule has 0 unspecified atom stereocenters. The molecule has 7 heteroatoms. The molecule has 0 aromatic heterocycles. The first kappa shape index (κ1) is 11.8. The number of sulfonamides is 1. The molecule has 1 aromatic carbocycles. The SMILES string of the molecule is CS(=O)(=O)Nc1c[c]ccc1C(F)(F)F. The Bertz CT molecular complexity index is 453. The average molecular weight is 238 g/mol. The second kappa shape index (κ2) is 3.73. The van der Waals surface area contributed by atoms with Gasteiger partial charge < -0.3 is 0 Å². The molecule has 0 atom stereocenters. The molecule has 0 heterocycles. The summed E-state index contributed by atoms with van der Waals surface area (Å²) in [5.74, 6) is 0. The zero-order valence-corrected chi connectivity index (χ0v) is 8.41. The molecule has 1 radical (unpaired) electrons. The molecule has 0 bridgehead atoms. The van der Waals surface area contributed by atoms with Gasteiger partial charge in [-0.2, -0.15) is 13.2 Å². The molecule has 0 amide bonds. The van der Waals surface area contributed by atoms with Crippen molar-refractivity contribution in [3.63, 3.8) is 0 Å². The van der Waals surface area contributed by atoms with E-state index in [2.05, 4.69) is 6.07 Å². The lowest BCUT2D eigenvalue weighted by atomic mass is 10.2. The predicted molar refractivity (Wildman–Crippen MR) is 48.7 cm³/mol. The predicted octanol–water partition coefficient (Wildman–Crippen LogP) is 1.88. The van der Waals surface area contributed by atoms with E-state index in [1.807, 2.05) is 0 Å². The van der Waals surface area contributed by atoms with Crippen molar-refractivity contribution in [2.75, 3.05) is 11.0 Å². The van der Waals surface area contributed by atoms with Crippen molar-refractivity contribution >= 4 is 15.7 Å². The Morgan fingerprint density at radius 2 is 2.00 bits per heavy atom. The maximum absolute atomic E-state index is 12.4. The molecular weight excluding hydrogens is 231 g/mol. The van der Waals surface area contributed by atoms with E-state index in [0.29, 0.717) is 0 Å². The molecule has 0 aliphatic carbocycles. The summed E-state index contributed by atoms with van der Waals surface area (Å²) in [7, 11) is -3.73. The largest absolute Gasteiger partial charge is 0.418 e. The number of hydrogen-bond donors (Lipinski definition) is 1. The molecule has 83 valence electrons. The van der Waals surface area contributed by atoms with Crippen LogP contribution in [0.25, 0.3) is 0 Å². The van der Waals surface area contributed by atoms with E-state index in [4.69, 9.17) is 0 Å². The zero-order chi connectivity index (χ0) is 11.7. The van der Waals surface area contributed by atoms with Crippen LogP contribution < -0.4 is 4.72 Å². The van der Waals surface area contributed by atoms with Crippen molar-refractivity contribution in [1.82, 2.24) is 0 Å². The van der Waals surface area contributed by atoms with E-state index in [1.165, 1.54) is 0 Å². The van der Waals surface area contributed by atoms with E-state index in [1.54, 1.807) is 4.72 Å². The summed E-state index contributed by atoms with van der Waals surface area (Å²) in [4.78, 5) is 0. The molecule has 1 rings (SSSR count). The lowest BCUT2D eigenvalue weighted by Gasteiger charge is -2.12. The fraction of sp³-hybridized carbons (Fsp3) is 0.250. The molecule has 0 aliphatic rings. The molecule has 0 fully saturated rings. The van der Waals surface area contributed by atoms with Crippen molar-refractivity contribution in [1.29, 1.82) is 0 Å². The van der Waals surface area contributed by atoms with Gasteiger partial charge in [0, 0.05) is 0 Å². The Morgan fingerprint density at radius 1 is 1.40 bits per heavy atom. The molecular formula is C8H7F3NO2S. The third kappa shape index (κ3) is 3.43. The van der Waals surface area contributed by atoms with Crippen LogP contribution in [0.1, 0.15) is 5.56 Å². The van der Waals surface area contributed by atoms with Crippen LogP contribution >= 0.6 is 0 Å². The van der Waals surface area contributed by atoms with Gasteiger partial charge in [0.2, 0.25) is 10.0 Å². The third-order valence-electron chi connectivity index (χ3n) is 1.46. The zero-order valence-electron chi connectivity index (χ0n) is 7.59. The van der Waals surface area contributed by atoms with Gasteiger partial charge in [-0.05, 0) is 18.2 Å². The van der Waals surface area contributed by atoms with Gasteiger partial charge in [-0.15, -0.1) is 0 Å². The standard InChI is InChI=1S/C8H7F3NO2S/c1-15(13,14)12-7-5-3-2-4-6(7)8(9,10)11/h2,4-5,12H,1H3. The first-order chi connectivity index (χ1) is 6.70. The minimum Gasteiger partial charge on any atom is -0.283 e. The summed E-state index contributed by atoms with van der Waals surface area (Å²) in [6.07, 6.45) is -3.82. The summed E-state index contributed by atoms with van der Waals surface area (Å²) < 4.78 is 60.5. The normalized spacial score (nSPS) is 12.5. The van der Waals surface area contributed by atoms with Gasteiger partial charge in [-0.3, -0.25) is 4.72 Å². The lowest BCUT2D eigenvalue weighted by molar-refractivity contribution is -0.136. The van der Waals surface area contributed by atoms with Crippen LogP contribution in [0.3, 0.4) is 0 Å². The van der Waals surface area contributed by atoms with E-state index in [-0.39, 0.29) is 0 Å². The Hall–Kier alpha value is -1.24. The summed E-state index contributed by atoms with van der Waals surface area (Å²) in [6, 6.07) is 5.13. The Labute approximate surface area is 85.0 Å². The van der Waals surface area contributed by atoms with Crippen molar-refractivity contribution in [3.05, 3.63) is 29.8 Å². The second-order valence-electron chi connectivity index (χ2n) is 2.84. The first-order valence-electron chi connectivity index (χ1n) is 3.75. The number of rotatable bonds is 2. The molecule has 0 aliphatic heterocycles. The van der Waals surface area contributed by atoms with E-state index in [9.17, 15) is 21.6 Å². The van der Waals surface area contributed by atoms with Gasteiger partial charge in [-0.1, -0.05) is 6.07 Å². The van der Waals surface area contributed by atoms with Crippen molar-refractivity contribution in [3.8, 4) is 0 Å². The third-order valence-corrected chi connectivity index (χ3v) is 2.06. The lowest BCUT2D eigenvalue weighted by Crippen LogP contribution is -2.15. The van der Waals surface area contributed by atoms with Crippen molar-refractivity contribution < 1.29 is 21.6 Å². The highest BCUT2D eigenvalue weighted by atomic mass is 32.2. The summed E-state index contributed by atoms with van der Waals surface area (Å²) in [5, 5.41) is 0. The van der Waals surface area contributed by atoms with Gasteiger partial charge in [0.15, 0.2) is 0 Å². The fourth-order valence-electron chi connectivity index (χ4n) is 0.962. The second-order valence-corrected chi connectivity index (χ2v) is 4.59. The quantitative estimate of drug-likeness (QED) is 0.855. The maximum atomic E-state index is 12.4. The molecule has 1 aromatic rings. The minimum atomic E-state index is -4.60. The van der Waals surface area contributed by atoms with Gasteiger partial charge >= 0.3 is 6.18 Å². The Morgan fingerprint density at radius 3 is 2.47 bits per heavy atom. The number of anilines is 1. The minimum absolute atomic E-state index is 0.521. The average Bonchev–Trinajstić information content (AvgIpc) is 1.99. The van der Waals surface area contributed by atoms with Crippen LogP contribution in [0.4, 0.5) is 18.9 Å². The van der Waals surface area contributed by atoms with Gasteiger partial charge in [0.05, 0.1) is 17.5 Å². The van der Waals surface area contributed by atoms with Crippen molar-refractivity contribution in [2.45, 2.75) is 6.18 Å². The molecule has 0 spiro atoms. The summed E-state index contributed by atoms with van der Waals surface area (Å²) in [6.45, 7) is 0. The highest BCUT2D eigenvalue weighted by Gasteiger charge is 2.33. The van der Waals surface area contributed by atoms with Crippen LogP contribution in [0.2, 0.25) is 0 Å². The van der Waals surface area contributed by atoms with Gasteiger partial charge in [0.25, 0.3) is 0 Å². The number of alkyl halides is 3. The molecule has 0 saturated carbocycles. The van der Waals surface area contributed by atoms with E-state index < -0.39 is 27.5 Å². The topological polar surface area (TPSA) is 46.2 Å². The highest BCUT2D eigenvalue weighted by molar-refractivity contribution is 7.92. The van der Waals surface area contributed by atoms with E-state index >= 15 is 0 Å². The number of halogens is 3. The van der Waals surface area contributed by atoms with Crippen LogP contribution in [0.15, 0.2) is 18.2 Å². The number of hydrogen-bond acceptors (Lipinski definition) is 2. The molecule has 1 N–H and O–H groups in total. The van der Waals surface area contributed by atoms with Gasteiger partial charge in [0.1, 0.15) is 0 Å². The van der Waals surface area contributed by atoms with Gasteiger partial charge in [-0.25, -0.2) is 8.42 Å². The summed E-state index contributed by atoms with van der Waals surface area (Å²) >= 11 is 0. The number of nitrogens with one attached hydrogen (secondary N) is 1. The Kier molecular flexibility index (Phi) is 2.94. The van der Waals surface area contributed by atoms with Crippen LogP contribution in [-0.2, 0) is 16.2 Å². The van der Waals surface area contributed by atoms with Crippen LogP contribution in [-0.4, -0.2) is 14.7 Å². The maximum Gasteiger partial charge on any atom is 0.418 e. The van der Waals surface area contributed by atoms with Crippen molar-refractivity contribution in [2.24, 2.45) is 0 Å².